The van der Waals surface area contributed by atoms with E-state index in [-0.39, 0.29) is 0 Å². The maximum atomic E-state index is 3.59. The number of piperidine rings is 1. The number of rotatable bonds is 1. The van der Waals surface area contributed by atoms with Crippen molar-refractivity contribution in [1.29, 1.82) is 0 Å². The molecule has 2 unspecified atom stereocenters. The molecule has 2 fully saturated rings. The van der Waals surface area contributed by atoms with Gasteiger partial charge in [0, 0.05) is 18.6 Å². The van der Waals surface area contributed by atoms with Crippen molar-refractivity contribution < 1.29 is 0 Å². The summed E-state index contributed by atoms with van der Waals surface area (Å²) in [6, 6.07) is 1.55. The van der Waals surface area contributed by atoms with E-state index in [9.17, 15) is 0 Å². The van der Waals surface area contributed by atoms with Crippen molar-refractivity contribution in [1.82, 2.24) is 10.2 Å². The Morgan fingerprint density at radius 1 is 1.21 bits per heavy atom. The van der Waals surface area contributed by atoms with Gasteiger partial charge in [-0.25, -0.2) is 0 Å². The van der Waals surface area contributed by atoms with Gasteiger partial charge >= 0.3 is 0 Å². The van der Waals surface area contributed by atoms with Crippen LogP contribution in [-0.4, -0.2) is 36.6 Å². The molecule has 0 amide bonds. The van der Waals surface area contributed by atoms with Crippen molar-refractivity contribution in [3.63, 3.8) is 0 Å². The van der Waals surface area contributed by atoms with Gasteiger partial charge in [0.2, 0.25) is 0 Å². The number of hydrogen-bond donors (Lipinski definition) is 1. The summed E-state index contributed by atoms with van der Waals surface area (Å²) in [5, 5.41) is 3.59. The van der Waals surface area contributed by atoms with Gasteiger partial charge in [0.25, 0.3) is 0 Å². The largest absolute Gasteiger partial charge is 0.315 e. The van der Waals surface area contributed by atoms with E-state index in [0.29, 0.717) is 0 Å². The molecule has 0 aromatic heterocycles. The quantitative estimate of drug-likeness (QED) is 0.688. The number of nitrogens with one attached hydrogen (secondary N) is 1. The molecule has 1 N–H and O–H groups in total. The van der Waals surface area contributed by atoms with Crippen molar-refractivity contribution in [2.45, 2.75) is 51.6 Å². The van der Waals surface area contributed by atoms with E-state index in [1.807, 2.05) is 0 Å². The van der Waals surface area contributed by atoms with Crippen molar-refractivity contribution in [2.24, 2.45) is 5.92 Å². The molecule has 14 heavy (non-hydrogen) atoms. The molecule has 2 nitrogen and oxygen atoms in total. The van der Waals surface area contributed by atoms with Crippen LogP contribution in [0.1, 0.15) is 39.5 Å². The summed E-state index contributed by atoms with van der Waals surface area (Å²) in [6.07, 6.45) is 5.71. The van der Waals surface area contributed by atoms with Gasteiger partial charge < -0.3 is 5.32 Å². The highest BCUT2D eigenvalue weighted by Gasteiger charge is 2.32. The van der Waals surface area contributed by atoms with Gasteiger partial charge in [-0.05, 0) is 58.5 Å². The lowest BCUT2D eigenvalue weighted by Gasteiger charge is -2.43. The maximum absolute atomic E-state index is 3.59. The zero-order valence-corrected chi connectivity index (χ0v) is 9.63. The molecule has 2 aliphatic heterocycles. The molecular weight excluding hydrogens is 172 g/mol. The molecule has 0 bridgehead atoms. The summed E-state index contributed by atoms with van der Waals surface area (Å²) in [5.41, 5.74) is 0. The molecule has 82 valence electrons. The average Bonchev–Trinajstić information content (AvgIpc) is 2.41. The minimum atomic E-state index is 0.725. The smallest absolute Gasteiger partial charge is 0.0251 e. The van der Waals surface area contributed by atoms with E-state index in [2.05, 4.69) is 24.1 Å². The van der Waals surface area contributed by atoms with Crippen LogP contribution in [0, 0.1) is 5.92 Å². The Hall–Kier alpha value is -0.0800. The van der Waals surface area contributed by atoms with Crippen LogP contribution < -0.4 is 5.32 Å². The second kappa shape index (κ2) is 4.63. The van der Waals surface area contributed by atoms with E-state index < -0.39 is 0 Å². The SMILES string of the molecule is CC(C)N1CCCC2CCCNCC21. The monoisotopic (exact) mass is 196 g/mol. The first-order valence-electron chi connectivity index (χ1n) is 6.25. The van der Waals surface area contributed by atoms with Crippen molar-refractivity contribution in [3.8, 4) is 0 Å². The van der Waals surface area contributed by atoms with Crippen molar-refractivity contribution in [2.75, 3.05) is 19.6 Å². The topological polar surface area (TPSA) is 15.3 Å². The third-order valence-electron chi connectivity index (χ3n) is 3.91. The molecule has 0 radical (unpaired) electrons. The number of hydrogen-bond acceptors (Lipinski definition) is 2. The molecule has 2 atom stereocenters. The minimum absolute atomic E-state index is 0.725. The van der Waals surface area contributed by atoms with Crippen LogP contribution in [-0.2, 0) is 0 Å². The molecule has 0 aromatic carbocycles. The van der Waals surface area contributed by atoms with Crippen molar-refractivity contribution in [3.05, 3.63) is 0 Å². The van der Waals surface area contributed by atoms with Gasteiger partial charge in [-0.3, -0.25) is 4.90 Å². The van der Waals surface area contributed by atoms with Crippen molar-refractivity contribution >= 4 is 0 Å². The second-order valence-corrected chi connectivity index (χ2v) is 5.15. The highest BCUT2D eigenvalue weighted by molar-refractivity contribution is 4.89. The van der Waals surface area contributed by atoms with Gasteiger partial charge in [-0.1, -0.05) is 0 Å². The third kappa shape index (κ3) is 2.12. The summed E-state index contributed by atoms with van der Waals surface area (Å²) >= 11 is 0. The fourth-order valence-electron chi connectivity index (χ4n) is 3.17. The number of nitrogens with zero attached hydrogens (tertiary/aromatic N) is 1. The molecule has 2 heteroatoms. The van der Waals surface area contributed by atoms with Gasteiger partial charge in [0.05, 0.1) is 0 Å². The molecule has 2 aliphatic rings. The average molecular weight is 196 g/mol. The van der Waals surface area contributed by atoms with E-state index in [1.54, 1.807) is 0 Å². The van der Waals surface area contributed by atoms with E-state index in [1.165, 1.54) is 45.3 Å². The summed E-state index contributed by atoms with van der Waals surface area (Å²) in [6.45, 7) is 8.46. The summed E-state index contributed by atoms with van der Waals surface area (Å²) < 4.78 is 0. The number of fused-ring (bicyclic) bond motifs is 1. The molecule has 2 rings (SSSR count). The van der Waals surface area contributed by atoms with Gasteiger partial charge in [-0.15, -0.1) is 0 Å². The Bertz CT molecular complexity index is 179. The molecule has 0 saturated carbocycles. The van der Waals surface area contributed by atoms with E-state index in [0.717, 1.165) is 18.0 Å². The molecular formula is C12H24N2. The lowest BCUT2D eigenvalue weighted by Crippen LogP contribution is -2.51. The van der Waals surface area contributed by atoms with Gasteiger partial charge in [0.1, 0.15) is 0 Å². The molecule has 0 spiro atoms. The predicted octanol–water partition coefficient (Wildman–Crippen LogP) is 1.86. The summed E-state index contributed by atoms with van der Waals surface area (Å²) in [4.78, 5) is 2.71. The highest BCUT2D eigenvalue weighted by atomic mass is 15.2. The molecule has 0 aliphatic carbocycles. The van der Waals surface area contributed by atoms with Crippen LogP contribution >= 0.6 is 0 Å². The summed E-state index contributed by atoms with van der Waals surface area (Å²) in [5.74, 6) is 0.973. The standard InChI is InChI=1S/C12H24N2/c1-10(2)14-8-4-6-11-5-3-7-13-9-12(11)14/h10-13H,3-9H2,1-2H3. The zero-order valence-electron chi connectivity index (χ0n) is 9.63. The fraction of sp³-hybridized carbons (Fsp3) is 1.00. The lowest BCUT2D eigenvalue weighted by atomic mass is 9.85. The Labute approximate surface area is 88.1 Å². The first-order valence-corrected chi connectivity index (χ1v) is 6.25. The van der Waals surface area contributed by atoms with Crippen LogP contribution in [0.15, 0.2) is 0 Å². The molecule has 2 heterocycles. The van der Waals surface area contributed by atoms with Crippen LogP contribution in [0.2, 0.25) is 0 Å². The Balaban J connectivity index is 2.04. The first kappa shape index (κ1) is 10.4. The highest BCUT2D eigenvalue weighted by Crippen LogP contribution is 2.29. The Morgan fingerprint density at radius 3 is 2.79 bits per heavy atom. The van der Waals surface area contributed by atoms with E-state index in [4.69, 9.17) is 0 Å². The first-order chi connectivity index (χ1) is 6.79. The maximum Gasteiger partial charge on any atom is 0.0251 e. The molecule has 0 aromatic rings. The summed E-state index contributed by atoms with van der Waals surface area (Å²) in [7, 11) is 0. The predicted molar refractivity (Wildman–Crippen MR) is 60.5 cm³/mol. The fourth-order valence-corrected chi connectivity index (χ4v) is 3.17. The Morgan fingerprint density at radius 2 is 2.00 bits per heavy atom. The second-order valence-electron chi connectivity index (χ2n) is 5.15. The zero-order chi connectivity index (χ0) is 9.97. The van der Waals surface area contributed by atoms with Crippen LogP contribution in [0.3, 0.4) is 0 Å². The van der Waals surface area contributed by atoms with Crippen LogP contribution in [0.5, 0.6) is 0 Å². The van der Waals surface area contributed by atoms with E-state index >= 15 is 0 Å². The van der Waals surface area contributed by atoms with Gasteiger partial charge in [0.15, 0.2) is 0 Å². The third-order valence-corrected chi connectivity index (χ3v) is 3.91. The number of likely N-dealkylation sites (tertiary alicyclic amines) is 1. The Kier molecular flexibility index (Phi) is 3.45. The lowest BCUT2D eigenvalue weighted by molar-refractivity contribution is 0.0663. The molecule has 2 saturated heterocycles. The van der Waals surface area contributed by atoms with Crippen LogP contribution in [0.25, 0.3) is 0 Å². The van der Waals surface area contributed by atoms with Crippen LogP contribution in [0.4, 0.5) is 0 Å². The normalized spacial score (nSPS) is 35.4. The van der Waals surface area contributed by atoms with Gasteiger partial charge in [-0.2, -0.15) is 0 Å². The minimum Gasteiger partial charge on any atom is -0.315 e.